The molecule has 0 atom stereocenters. The molecule has 1 saturated heterocycles. The Balaban J connectivity index is 1.93. The summed E-state index contributed by atoms with van der Waals surface area (Å²) in [6.07, 6.45) is 0. The largest absolute Gasteiger partial charge is 0.459 e. The van der Waals surface area contributed by atoms with Gasteiger partial charge in [-0.1, -0.05) is 34.1 Å². The van der Waals surface area contributed by atoms with Crippen molar-refractivity contribution in [3.8, 4) is 0 Å². The molecule has 0 aromatic heterocycles. The molecule has 0 saturated carbocycles. The lowest BCUT2D eigenvalue weighted by atomic mass is 10.1. The van der Waals surface area contributed by atoms with Crippen molar-refractivity contribution in [1.29, 1.82) is 0 Å². The van der Waals surface area contributed by atoms with Crippen LogP contribution >= 0.6 is 15.9 Å². The maximum atomic E-state index is 11.9. The first-order chi connectivity index (χ1) is 9.81. The molecule has 2 rings (SSSR count). The molecular weight excluding hydrogens is 340 g/mol. The van der Waals surface area contributed by atoms with Gasteiger partial charge >= 0.3 is 12.0 Å². The number of urea groups is 1. The third-order valence-corrected chi connectivity index (χ3v) is 3.85. The van der Waals surface area contributed by atoms with Gasteiger partial charge < -0.3 is 10.1 Å². The number of hydrogen-bond donors (Lipinski definition) is 1. The van der Waals surface area contributed by atoms with Gasteiger partial charge in [-0.15, -0.1) is 0 Å². The standard InChI is InChI=1S/C14H15BrN2O4/c1-14(2)12(19)17(13(20)16-14)7-11(18)21-8-9-5-3-4-6-10(9)15/h3-6H,7-8H2,1-2H3,(H,16,20). The highest BCUT2D eigenvalue weighted by atomic mass is 79.9. The molecule has 0 spiro atoms. The van der Waals surface area contributed by atoms with Crippen molar-refractivity contribution in [2.24, 2.45) is 0 Å². The number of amides is 3. The summed E-state index contributed by atoms with van der Waals surface area (Å²) in [7, 11) is 0. The molecule has 1 fully saturated rings. The molecule has 7 heteroatoms. The second-order valence-electron chi connectivity index (χ2n) is 5.20. The first-order valence-electron chi connectivity index (χ1n) is 6.34. The van der Waals surface area contributed by atoms with Gasteiger partial charge in [-0.05, 0) is 19.9 Å². The van der Waals surface area contributed by atoms with Crippen LogP contribution in [0.2, 0.25) is 0 Å². The fourth-order valence-corrected chi connectivity index (χ4v) is 2.31. The maximum absolute atomic E-state index is 11.9. The predicted molar refractivity (Wildman–Crippen MR) is 78.3 cm³/mol. The Labute approximate surface area is 130 Å². The summed E-state index contributed by atoms with van der Waals surface area (Å²) < 4.78 is 5.92. The monoisotopic (exact) mass is 354 g/mol. The Morgan fingerprint density at radius 1 is 1.33 bits per heavy atom. The van der Waals surface area contributed by atoms with Crippen molar-refractivity contribution in [2.75, 3.05) is 6.54 Å². The SMILES string of the molecule is CC1(C)NC(=O)N(CC(=O)OCc2ccccc2Br)C1=O. The molecule has 1 N–H and O–H groups in total. The molecule has 3 amide bonds. The summed E-state index contributed by atoms with van der Waals surface area (Å²) in [6.45, 7) is 2.85. The normalized spacial score (nSPS) is 16.8. The summed E-state index contributed by atoms with van der Waals surface area (Å²) in [5, 5.41) is 2.50. The van der Waals surface area contributed by atoms with E-state index in [0.29, 0.717) is 0 Å². The van der Waals surface area contributed by atoms with Crippen LogP contribution in [-0.2, 0) is 20.9 Å². The van der Waals surface area contributed by atoms with Gasteiger partial charge in [-0.25, -0.2) is 4.79 Å². The Bertz CT molecular complexity index is 600. The number of rotatable bonds is 4. The molecule has 0 radical (unpaired) electrons. The fourth-order valence-electron chi connectivity index (χ4n) is 1.91. The predicted octanol–water partition coefficient (Wildman–Crippen LogP) is 1.82. The van der Waals surface area contributed by atoms with Crippen molar-refractivity contribution >= 4 is 33.8 Å². The molecule has 0 unspecified atom stereocenters. The van der Waals surface area contributed by atoms with E-state index in [1.807, 2.05) is 24.3 Å². The minimum absolute atomic E-state index is 0.0767. The number of ether oxygens (including phenoxy) is 1. The summed E-state index contributed by atoms with van der Waals surface area (Å²) in [6, 6.07) is 6.75. The number of nitrogens with zero attached hydrogens (tertiary/aromatic N) is 1. The van der Waals surface area contributed by atoms with Crippen LogP contribution in [0.15, 0.2) is 28.7 Å². The zero-order valence-corrected chi connectivity index (χ0v) is 13.3. The zero-order valence-electron chi connectivity index (χ0n) is 11.7. The molecule has 1 aliphatic heterocycles. The number of benzene rings is 1. The summed E-state index contributed by atoms with van der Waals surface area (Å²) in [5.41, 5.74) is -0.178. The highest BCUT2D eigenvalue weighted by Gasteiger charge is 2.45. The number of esters is 1. The minimum atomic E-state index is -0.986. The van der Waals surface area contributed by atoms with Crippen LogP contribution in [0.25, 0.3) is 0 Å². The van der Waals surface area contributed by atoms with E-state index >= 15 is 0 Å². The Morgan fingerprint density at radius 3 is 2.57 bits per heavy atom. The van der Waals surface area contributed by atoms with Crippen molar-refractivity contribution in [3.05, 3.63) is 34.3 Å². The van der Waals surface area contributed by atoms with E-state index in [9.17, 15) is 14.4 Å². The van der Waals surface area contributed by atoms with Crippen molar-refractivity contribution in [3.63, 3.8) is 0 Å². The van der Waals surface area contributed by atoms with Crippen LogP contribution in [0.4, 0.5) is 4.79 Å². The molecule has 21 heavy (non-hydrogen) atoms. The van der Waals surface area contributed by atoms with E-state index in [2.05, 4.69) is 21.2 Å². The van der Waals surface area contributed by atoms with Crippen LogP contribution in [0, 0.1) is 0 Å². The number of halogens is 1. The van der Waals surface area contributed by atoms with Crippen LogP contribution in [-0.4, -0.2) is 34.9 Å². The van der Waals surface area contributed by atoms with Gasteiger partial charge in [0.25, 0.3) is 5.91 Å². The third-order valence-electron chi connectivity index (χ3n) is 3.08. The zero-order chi connectivity index (χ0) is 15.6. The number of carbonyl (C=O) groups is 3. The summed E-state index contributed by atoms with van der Waals surface area (Å²) in [5.74, 6) is -1.07. The summed E-state index contributed by atoms with van der Waals surface area (Å²) in [4.78, 5) is 36.2. The molecule has 112 valence electrons. The van der Waals surface area contributed by atoms with Gasteiger partial charge in [0, 0.05) is 10.0 Å². The molecule has 1 aromatic rings. The van der Waals surface area contributed by atoms with Crippen LogP contribution in [0.1, 0.15) is 19.4 Å². The molecule has 6 nitrogen and oxygen atoms in total. The third kappa shape index (κ3) is 3.41. The molecule has 1 aromatic carbocycles. The van der Waals surface area contributed by atoms with Gasteiger partial charge in [-0.2, -0.15) is 0 Å². The maximum Gasteiger partial charge on any atom is 0.326 e. The highest BCUT2D eigenvalue weighted by molar-refractivity contribution is 9.10. The number of hydrogen-bond acceptors (Lipinski definition) is 4. The Hall–Kier alpha value is -1.89. The number of carbonyl (C=O) groups excluding carboxylic acids is 3. The van der Waals surface area contributed by atoms with E-state index in [-0.39, 0.29) is 6.61 Å². The average Bonchev–Trinajstić information content (AvgIpc) is 2.60. The Kier molecular flexibility index (Phi) is 4.32. The lowest BCUT2D eigenvalue weighted by Crippen LogP contribution is -2.41. The molecule has 0 bridgehead atoms. The van der Waals surface area contributed by atoms with Gasteiger partial charge in [0.1, 0.15) is 18.7 Å². The second-order valence-corrected chi connectivity index (χ2v) is 6.05. The van der Waals surface area contributed by atoms with Gasteiger partial charge in [0.2, 0.25) is 0 Å². The number of imide groups is 1. The Morgan fingerprint density at radius 2 is 2.00 bits per heavy atom. The summed E-state index contributed by atoms with van der Waals surface area (Å²) >= 11 is 3.35. The molecule has 0 aliphatic carbocycles. The van der Waals surface area contributed by atoms with Crippen molar-refractivity contribution in [2.45, 2.75) is 26.0 Å². The van der Waals surface area contributed by atoms with Gasteiger partial charge in [0.05, 0.1) is 0 Å². The van der Waals surface area contributed by atoms with E-state index in [1.54, 1.807) is 13.8 Å². The average molecular weight is 355 g/mol. The lowest BCUT2D eigenvalue weighted by Gasteiger charge is -2.15. The van der Waals surface area contributed by atoms with Gasteiger partial charge in [0.15, 0.2) is 0 Å². The minimum Gasteiger partial charge on any atom is -0.459 e. The molecular formula is C14H15BrN2O4. The molecule has 1 heterocycles. The highest BCUT2D eigenvalue weighted by Crippen LogP contribution is 2.18. The van der Waals surface area contributed by atoms with E-state index in [0.717, 1.165) is 14.9 Å². The second kappa shape index (κ2) is 5.85. The first kappa shape index (κ1) is 15.5. The lowest BCUT2D eigenvalue weighted by molar-refractivity contribution is -0.148. The number of nitrogens with one attached hydrogen (secondary N) is 1. The van der Waals surface area contributed by atoms with Crippen molar-refractivity contribution in [1.82, 2.24) is 10.2 Å². The van der Waals surface area contributed by atoms with E-state index in [1.165, 1.54) is 0 Å². The van der Waals surface area contributed by atoms with E-state index < -0.39 is 30.0 Å². The van der Waals surface area contributed by atoms with Gasteiger partial charge in [-0.3, -0.25) is 14.5 Å². The van der Waals surface area contributed by atoms with Crippen LogP contribution < -0.4 is 5.32 Å². The van der Waals surface area contributed by atoms with Crippen LogP contribution in [0.3, 0.4) is 0 Å². The fraction of sp³-hybridized carbons (Fsp3) is 0.357. The smallest absolute Gasteiger partial charge is 0.326 e. The quantitative estimate of drug-likeness (QED) is 0.660. The van der Waals surface area contributed by atoms with E-state index in [4.69, 9.17) is 4.74 Å². The van der Waals surface area contributed by atoms with Crippen LogP contribution in [0.5, 0.6) is 0 Å². The molecule has 1 aliphatic rings. The first-order valence-corrected chi connectivity index (χ1v) is 7.14. The van der Waals surface area contributed by atoms with Crippen molar-refractivity contribution < 1.29 is 19.1 Å². The topological polar surface area (TPSA) is 75.7 Å².